The molecule has 0 amide bonds. The maximum atomic E-state index is 11.4. The fourth-order valence-corrected chi connectivity index (χ4v) is 3.72. The lowest BCUT2D eigenvalue weighted by atomic mass is 10.2. The average Bonchev–Trinajstić information content (AvgIpc) is 2.56. The summed E-state index contributed by atoms with van der Waals surface area (Å²) in [6.45, 7) is 1.88. The number of hydrogen-bond acceptors (Lipinski definition) is 3. The van der Waals surface area contributed by atoms with Crippen molar-refractivity contribution >= 4 is 42.9 Å². The van der Waals surface area contributed by atoms with Gasteiger partial charge in [-0.1, -0.05) is 35.3 Å². The van der Waals surface area contributed by atoms with Crippen LogP contribution in [0.2, 0.25) is 10.2 Å². The normalized spacial score (nSPS) is 11.8. The van der Waals surface area contributed by atoms with Crippen LogP contribution in [0, 0.1) is 6.92 Å². The first-order chi connectivity index (χ1) is 8.79. The van der Waals surface area contributed by atoms with Crippen molar-refractivity contribution in [2.24, 2.45) is 0 Å². The van der Waals surface area contributed by atoms with E-state index in [1.807, 2.05) is 12.1 Å². The van der Waals surface area contributed by atoms with Gasteiger partial charge in [-0.05, 0) is 24.6 Å². The van der Waals surface area contributed by atoms with Crippen LogP contribution in [0.4, 0.5) is 0 Å². The summed E-state index contributed by atoms with van der Waals surface area (Å²) in [5, 5.41) is 4.71. The molecule has 0 N–H and O–H groups in total. The van der Waals surface area contributed by atoms with Crippen molar-refractivity contribution in [3.8, 4) is 0 Å². The van der Waals surface area contributed by atoms with Crippen molar-refractivity contribution in [2.45, 2.75) is 18.4 Å². The Bertz CT molecular complexity index is 708. The fourth-order valence-electron chi connectivity index (χ4n) is 1.68. The van der Waals surface area contributed by atoms with Gasteiger partial charge in [0, 0.05) is 15.7 Å². The molecule has 0 saturated heterocycles. The number of rotatable bonds is 3. The Hall–Kier alpha value is -0.750. The van der Waals surface area contributed by atoms with E-state index in [4.69, 9.17) is 33.9 Å². The molecular formula is C11H9Cl3N2O2S. The molecule has 0 saturated carbocycles. The van der Waals surface area contributed by atoms with Gasteiger partial charge in [0.05, 0.1) is 12.2 Å². The lowest BCUT2D eigenvalue weighted by Gasteiger charge is -2.03. The zero-order valence-electron chi connectivity index (χ0n) is 9.77. The van der Waals surface area contributed by atoms with Crippen LogP contribution < -0.4 is 0 Å². The molecule has 0 spiro atoms. The van der Waals surface area contributed by atoms with Gasteiger partial charge in [0.2, 0.25) is 0 Å². The number of halogens is 3. The summed E-state index contributed by atoms with van der Waals surface area (Å²) in [6, 6.07) is 7.09. The molecule has 0 unspecified atom stereocenters. The van der Waals surface area contributed by atoms with E-state index >= 15 is 0 Å². The smallest absolute Gasteiger partial charge is 0.248 e. The SMILES string of the molecule is Cc1nn(Cc2ccc(Cl)cc2)c(Cl)c1S(=O)(=O)Cl. The highest BCUT2D eigenvalue weighted by molar-refractivity contribution is 8.13. The molecule has 1 aromatic carbocycles. The largest absolute Gasteiger partial charge is 0.266 e. The molecule has 1 aromatic heterocycles. The van der Waals surface area contributed by atoms with Crippen LogP contribution >= 0.6 is 33.9 Å². The van der Waals surface area contributed by atoms with E-state index in [2.05, 4.69) is 5.10 Å². The standard InChI is InChI=1S/C11H9Cl3N2O2S/c1-7-10(19(14,17)18)11(13)16(15-7)6-8-2-4-9(12)5-3-8/h2-5H,6H2,1H3. The van der Waals surface area contributed by atoms with E-state index in [1.54, 1.807) is 19.1 Å². The van der Waals surface area contributed by atoms with E-state index in [0.29, 0.717) is 11.6 Å². The van der Waals surface area contributed by atoms with Crippen molar-refractivity contribution in [1.82, 2.24) is 9.78 Å². The van der Waals surface area contributed by atoms with E-state index in [0.717, 1.165) is 5.56 Å². The highest BCUT2D eigenvalue weighted by Crippen LogP contribution is 2.28. The Morgan fingerprint density at radius 1 is 1.21 bits per heavy atom. The number of nitrogens with zero attached hydrogens (tertiary/aromatic N) is 2. The minimum absolute atomic E-state index is 0.00227. The molecule has 4 nitrogen and oxygen atoms in total. The predicted molar refractivity (Wildman–Crippen MR) is 75.6 cm³/mol. The van der Waals surface area contributed by atoms with Crippen molar-refractivity contribution in [1.29, 1.82) is 0 Å². The molecule has 2 rings (SSSR count). The maximum Gasteiger partial charge on any atom is 0.266 e. The fraction of sp³-hybridized carbons (Fsp3) is 0.182. The van der Waals surface area contributed by atoms with Gasteiger partial charge in [-0.2, -0.15) is 5.10 Å². The van der Waals surface area contributed by atoms with E-state index in [-0.39, 0.29) is 15.7 Å². The third-order valence-corrected chi connectivity index (χ3v) is 4.69. The van der Waals surface area contributed by atoms with Crippen molar-refractivity contribution in [2.75, 3.05) is 0 Å². The summed E-state index contributed by atoms with van der Waals surface area (Å²) in [6.07, 6.45) is 0. The Morgan fingerprint density at radius 3 is 2.26 bits per heavy atom. The average molecular weight is 340 g/mol. The number of benzene rings is 1. The van der Waals surface area contributed by atoms with Crippen LogP contribution in [0.5, 0.6) is 0 Å². The van der Waals surface area contributed by atoms with Crippen LogP contribution in [0.15, 0.2) is 29.2 Å². The topological polar surface area (TPSA) is 52.0 Å². The molecule has 102 valence electrons. The van der Waals surface area contributed by atoms with Crippen LogP contribution in [0.1, 0.15) is 11.3 Å². The zero-order chi connectivity index (χ0) is 14.2. The molecule has 0 atom stereocenters. The van der Waals surface area contributed by atoms with Gasteiger partial charge in [0.1, 0.15) is 10.0 Å². The van der Waals surface area contributed by atoms with Gasteiger partial charge in [-0.3, -0.25) is 0 Å². The first-order valence-corrected chi connectivity index (χ1v) is 8.27. The Labute approximate surface area is 125 Å². The van der Waals surface area contributed by atoms with Gasteiger partial charge < -0.3 is 0 Å². The zero-order valence-corrected chi connectivity index (χ0v) is 12.9. The highest BCUT2D eigenvalue weighted by atomic mass is 35.7. The number of aromatic nitrogens is 2. The quantitative estimate of drug-likeness (QED) is 0.805. The molecule has 2 aromatic rings. The van der Waals surface area contributed by atoms with E-state index in [1.165, 1.54) is 4.68 Å². The molecular weight excluding hydrogens is 331 g/mol. The summed E-state index contributed by atoms with van der Waals surface area (Å²) >= 11 is 11.8. The Morgan fingerprint density at radius 2 is 1.79 bits per heavy atom. The summed E-state index contributed by atoms with van der Waals surface area (Å²) < 4.78 is 24.2. The Kier molecular flexibility index (Phi) is 4.11. The summed E-state index contributed by atoms with van der Waals surface area (Å²) in [7, 11) is 1.42. The lowest BCUT2D eigenvalue weighted by Crippen LogP contribution is -2.02. The third kappa shape index (κ3) is 3.23. The lowest BCUT2D eigenvalue weighted by molar-refractivity contribution is 0.609. The van der Waals surface area contributed by atoms with Gasteiger partial charge in [-0.25, -0.2) is 13.1 Å². The highest BCUT2D eigenvalue weighted by Gasteiger charge is 2.24. The Balaban J connectivity index is 2.40. The van der Waals surface area contributed by atoms with Crippen LogP contribution in [-0.2, 0) is 15.6 Å². The van der Waals surface area contributed by atoms with Crippen molar-refractivity contribution in [3.05, 3.63) is 45.7 Å². The minimum atomic E-state index is -3.91. The molecule has 0 aliphatic heterocycles. The molecule has 0 aliphatic rings. The van der Waals surface area contributed by atoms with Crippen molar-refractivity contribution < 1.29 is 8.42 Å². The van der Waals surface area contributed by atoms with E-state index in [9.17, 15) is 8.42 Å². The second-order valence-electron chi connectivity index (χ2n) is 3.93. The van der Waals surface area contributed by atoms with Gasteiger partial charge in [0.25, 0.3) is 9.05 Å². The summed E-state index contributed by atoms with van der Waals surface area (Å²) in [5.74, 6) is 0. The third-order valence-electron chi connectivity index (χ3n) is 2.50. The monoisotopic (exact) mass is 338 g/mol. The molecule has 0 aliphatic carbocycles. The number of aryl methyl sites for hydroxylation is 1. The molecule has 0 fully saturated rings. The molecule has 0 radical (unpaired) electrons. The van der Waals surface area contributed by atoms with Gasteiger partial charge in [-0.15, -0.1) is 0 Å². The van der Waals surface area contributed by atoms with Gasteiger partial charge in [0.15, 0.2) is 0 Å². The molecule has 0 bridgehead atoms. The number of hydrogen-bond donors (Lipinski definition) is 0. The second-order valence-corrected chi connectivity index (χ2v) is 7.22. The predicted octanol–water partition coefficient (Wildman–Crippen LogP) is 3.47. The summed E-state index contributed by atoms with van der Waals surface area (Å²) in [5.41, 5.74) is 1.17. The van der Waals surface area contributed by atoms with Gasteiger partial charge >= 0.3 is 0 Å². The molecule has 19 heavy (non-hydrogen) atoms. The van der Waals surface area contributed by atoms with Crippen molar-refractivity contribution in [3.63, 3.8) is 0 Å². The first-order valence-electron chi connectivity index (χ1n) is 5.21. The minimum Gasteiger partial charge on any atom is -0.248 e. The summed E-state index contributed by atoms with van der Waals surface area (Å²) in [4.78, 5) is -0.148. The van der Waals surface area contributed by atoms with E-state index < -0.39 is 9.05 Å². The second kappa shape index (κ2) is 5.32. The van der Waals surface area contributed by atoms with Crippen LogP contribution in [0.3, 0.4) is 0 Å². The first kappa shape index (κ1) is 14.7. The molecule has 8 heteroatoms. The molecule has 1 heterocycles. The maximum absolute atomic E-state index is 11.4. The van der Waals surface area contributed by atoms with Crippen LogP contribution in [0.25, 0.3) is 0 Å². The van der Waals surface area contributed by atoms with Crippen LogP contribution in [-0.4, -0.2) is 18.2 Å².